The second kappa shape index (κ2) is 8.90. The zero-order valence-electron chi connectivity index (χ0n) is 20.1. The molecule has 0 bridgehead atoms. The molecule has 0 spiro atoms. The molecule has 10 nitrogen and oxygen atoms in total. The van der Waals surface area contributed by atoms with Crippen molar-refractivity contribution in [3.8, 4) is 5.69 Å². The second-order valence-electron chi connectivity index (χ2n) is 8.76. The van der Waals surface area contributed by atoms with Crippen LogP contribution in [-0.2, 0) is 17.8 Å². The lowest BCUT2D eigenvalue weighted by atomic mass is 10.1. The number of fused-ring (bicyclic) bond motifs is 2. The normalized spacial score (nSPS) is 11.3. The molecule has 0 unspecified atom stereocenters. The van der Waals surface area contributed by atoms with Crippen LogP contribution in [0.15, 0.2) is 59.7 Å². The van der Waals surface area contributed by atoms with E-state index in [1.165, 1.54) is 13.4 Å². The Morgan fingerprint density at radius 1 is 1.06 bits per heavy atom. The Morgan fingerprint density at radius 3 is 2.56 bits per heavy atom. The van der Waals surface area contributed by atoms with Gasteiger partial charge in [0.05, 0.1) is 35.1 Å². The number of amides is 1. The molecule has 0 atom stereocenters. The van der Waals surface area contributed by atoms with Crippen LogP contribution in [0.5, 0.6) is 0 Å². The summed E-state index contributed by atoms with van der Waals surface area (Å²) in [6.45, 7) is 4.07. The molecule has 0 fully saturated rings. The van der Waals surface area contributed by atoms with E-state index < -0.39 is 5.91 Å². The molecule has 36 heavy (non-hydrogen) atoms. The fourth-order valence-corrected chi connectivity index (χ4v) is 4.53. The minimum Gasteiger partial charge on any atom is -0.383 e. The maximum Gasteiger partial charge on any atom is 0.263 e. The van der Waals surface area contributed by atoms with Crippen molar-refractivity contribution in [3.05, 3.63) is 87.7 Å². The van der Waals surface area contributed by atoms with Crippen molar-refractivity contribution in [3.63, 3.8) is 0 Å². The molecule has 0 aliphatic rings. The van der Waals surface area contributed by atoms with Gasteiger partial charge in [-0.25, -0.2) is 19.7 Å². The molecular weight excluding hydrogens is 458 g/mol. The number of carbonyl (C=O) groups is 1. The van der Waals surface area contributed by atoms with Gasteiger partial charge in [0.1, 0.15) is 12.1 Å². The third kappa shape index (κ3) is 3.87. The molecule has 182 valence electrons. The molecule has 3 heterocycles. The van der Waals surface area contributed by atoms with E-state index in [0.29, 0.717) is 32.9 Å². The summed E-state index contributed by atoms with van der Waals surface area (Å²) in [6, 6.07) is 15.4. The number of hydroxylamine groups is 2. The molecule has 5 rings (SSSR count). The smallest absolute Gasteiger partial charge is 0.263 e. The van der Waals surface area contributed by atoms with Crippen molar-refractivity contribution < 1.29 is 10.0 Å². The molecule has 0 aliphatic heterocycles. The van der Waals surface area contributed by atoms with Crippen molar-refractivity contribution >= 4 is 33.5 Å². The largest absolute Gasteiger partial charge is 0.383 e. The zero-order chi connectivity index (χ0) is 25.6. The van der Waals surface area contributed by atoms with Gasteiger partial charge in [-0.2, -0.15) is 5.10 Å². The van der Waals surface area contributed by atoms with E-state index >= 15 is 0 Å². The van der Waals surface area contributed by atoms with Crippen molar-refractivity contribution in [2.45, 2.75) is 26.8 Å². The summed E-state index contributed by atoms with van der Waals surface area (Å²) in [5.41, 5.74) is 10.1. The van der Waals surface area contributed by atoms with Crippen LogP contribution in [0.25, 0.3) is 27.5 Å². The zero-order valence-corrected chi connectivity index (χ0v) is 20.1. The number of aryl methyl sites for hydroxylation is 2. The fraction of sp³-hybridized carbons (Fsp3) is 0.192. The van der Waals surface area contributed by atoms with E-state index in [-0.39, 0.29) is 24.3 Å². The summed E-state index contributed by atoms with van der Waals surface area (Å²) in [7, 11) is 1.25. The van der Waals surface area contributed by atoms with Crippen molar-refractivity contribution in [2.24, 2.45) is 0 Å². The maximum absolute atomic E-state index is 13.9. The number of hydrogen-bond acceptors (Lipinski definition) is 7. The topological polar surface area (TPSA) is 132 Å². The van der Waals surface area contributed by atoms with Gasteiger partial charge in [-0.1, -0.05) is 36.4 Å². The number of benzene rings is 2. The van der Waals surface area contributed by atoms with Gasteiger partial charge < -0.3 is 5.73 Å². The summed E-state index contributed by atoms with van der Waals surface area (Å²) in [5.74, 6) is -0.372. The molecule has 5 aromatic rings. The summed E-state index contributed by atoms with van der Waals surface area (Å²) in [6.07, 6.45) is 1.15. The van der Waals surface area contributed by atoms with E-state index in [2.05, 4.69) is 15.1 Å². The molecule has 2 aromatic carbocycles. The van der Waals surface area contributed by atoms with Crippen molar-refractivity contribution in [1.82, 2.24) is 29.4 Å². The Labute approximate surface area is 206 Å². The number of para-hydroxylation sites is 1. The van der Waals surface area contributed by atoms with E-state index in [1.807, 2.05) is 62.4 Å². The van der Waals surface area contributed by atoms with Crippen LogP contribution in [-0.4, -0.2) is 47.5 Å². The summed E-state index contributed by atoms with van der Waals surface area (Å²) < 4.78 is 3.31. The maximum atomic E-state index is 13.9. The Kier molecular flexibility index (Phi) is 5.73. The number of anilines is 1. The van der Waals surface area contributed by atoms with Gasteiger partial charge in [-0.3, -0.25) is 19.4 Å². The van der Waals surface area contributed by atoms with Crippen LogP contribution in [0.1, 0.15) is 22.5 Å². The van der Waals surface area contributed by atoms with Gasteiger partial charge in [0.2, 0.25) is 0 Å². The molecule has 0 radical (unpaired) electrons. The van der Waals surface area contributed by atoms with Crippen LogP contribution in [0, 0.1) is 13.8 Å². The number of rotatable bonds is 5. The number of carbonyl (C=O) groups excluding carboxylic acids is 1. The number of nitrogens with two attached hydrogens (primary N) is 1. The lowest BCUT2D eigenvalue weighted by molar-refractivity contribution is -0.158. The van der Waals surface area contributed by atoms with Crippen molar-refractivity contribution in [2.75, 3.05) is 12.8 Å². The van der Waals surface area contributed by atoms with Gasteiger partial charge in [-0.15, -0.1) is 0 Å². The van der Waals surface area contributed by atoms with Crippen molar-refractivity contribution in [1.29, 1.82) is 0 Å². The minimum absolute atomic E-state index is 0.127. The molecule has 3 aromatic heterocycles. The number of nitrogens with zero attached hydrogens (tertiary/aromatic N) is 6. The van der Waals surface area contributed by atoms with E-state index in [9.17, 15) is 14.8 Å². The van der Waals surface area contributed by atoms with E-state index in [4.69, 9.17) is 5.73 Å². The number of pyridine rings is 1. The molecule has 3 N–H and O–H groups in total. The number of hydrogen-bond donors (Lipinski definition) is 2. The predicted octanol–water partition coefficient (Wildman–Crippen LogP) is 2.77. The highest BCUT2D eigenvalue weighted by Crippen LogP contribution is 2.25. The molecule has 0 aliphatic carbocycles. The van der Waals surface area contributed by atoms with Crippen LogP contribution < -0.4 is 11.3 Å². The summed E-state index contributed by atoms with van der Waals surface area (Å²) in [4.78, 5) is 34.5. The summed E-state index contributed by atoms with van der Waals surface area (Å²) >= 11 is 0. The molecule has 0 saturated heterocycles. The Hall–Kier alpha value is -4.57. The third-order valence-corrected chi connectivity index (χ3v) is 6.31. The van der Waals surface area contributed by atoms with Gasteiger partial charge in [0.25, 0.3) is 11.5 Å². The first-order valence-corrected chi connectivity index (χ1v) is 11.4. The number of nitrogen functional groups attached to an aromatic ring is 1. The minimum atomic E-state index is -0.553. The Balaban J connectivity index is 1.75. The first-order chi connectivity index (χ1) is 17.3. The van der Waals surface area contributed by atoms with Gasteiger partial charge in [0, 0.05) is 12.7 Å². The second-order valence-corrected chi connectivity index (χ2v) is 8.76. The van der Waals surface area contributed by atoms with Crippen LogP contribution >= 0.6 is 0 Å². The van der Waals surface area contributed by atoms with Crippen LogP contribution in [0.2, 0.25) is 0 Å². The van der Waals surface area contributed by atoms with Crippen LogP contribution in [0.3, 0.4) is 0 Å². The van der Waals surface area contributed by atoms with E-state index in [0.717, 1.165) is 22.2 Å². The first-order valence-electron chi connectivity index (χ1n) is 11.4. The molecular formula is C26H25N7O3. The monoisotopic (exact) mass is 483 g/mol. The average Bonchev–Trinajstić information content (AvgIpc) is 3.18. The standard InChI is InChI=1S/C26H25N7O3/c1-15-7-4-5-10-20(15)33-18(11-17-9-6-8-16(2)22(17)26(33)35)13-32-25-23(24(27)28-14-29-25)19(30-32)12-21(34)31(3)36/h4-11,14,36H,12-13H2,1-3H3,(H2,27,28,29). The fourth-order valence-electron chi connectivity index (χ4n) is 4.53. The number of aromatic nitrogens is 5. The van der Waals surface area contributed by atoms with Gasteiger partial charge in [0.15, 0.2) is 5.65 Å². The highest BCUT2D eigenvalue weighted by atomic mass is 16.5. The average molecular weight is 484 g/mol. The molecule has 10 heteroatoms. The lowest BCUT2D eigenvalue weighted by Crippen LogP contribution is -2.25. The molecule has 0 saturated carbocycles. The Morgan fingerprint density at radius 2 is 1.81 bits per heavy atom. The highest BCUT2D eigenvalue weighted by molar-refractivity contribution is 5.92. The third-order valence-electron chi connectivity index (χ3n) is 6.31. The summed E-state index contributed by atoms with van der Waals surface area (Å²) in [5, 5.41) is 16.6. The first kappa shape index (κ1) is 23.2. The lowest BCUT2D eigenvalue weighted by Gasteiger charge is -2.17. The predicted molar refractivity (Wildman–Crippen MR) is 136 cm³/mol. The SMILES string of the molecule is Cc1ccccc1-n1c(Cn2nc(CC(=O)N(C)O)c3c(N)ncnc32)cc2cccc(C)c2c1=O. The molecule has 1 amide bonds. The van der Waals surface area contributed by atoms with Crippen LogP contribution in [0.4, 0.5) is 5.82 Å². The van der Waals surface area contributed by atoms with Gasteiger partial charge >= 0.3 is 0 Å². The number of likely N-dealkylation sites (N-methyl/N-ethyl adjacent to an activating group) is 1. The van der Waals surface area contributed by atoms with Gasteiger partial charge in [-0.05, 0) is 42.5 Å². The Bertz CT molecular complexity index is 1700. The highest BCUT2D eigenvalue weighted by Gasteiger charge is 2.21. The quantitative estimate of drug-likeness (QED) is 0.290. The van der Waals surface area contributed by atoms with E-state index in [1.54, 1.807) is 9.25 Å².